The van der Waals surface area contributed by atoms with Gasteiger partial charge in [0.25, 0.3) is 0 Å². The molecule has 0 aliphatic rings. The number of carbonyl (C=O) groups is 1. The zero-order valence-electron chi connectivity index (χ0n) is 7.49. The molecule has 0 aliphatic heterocycles. The Kier molecular flexibility index (Phi) is 2.98. The standard InChI is InChI=1S/C9H4F6O/c10-7-3-5(4-16)1-2-6(7)8(11,12)9(13,14)15/h1-4H. The van der Waals surface area contributed by atoms with Gasteiger partial charge in [0.05, 0.1) is 5.56 Å². The molecule has 16 heavy (non-hydrogen) atoms. The van der Waals surface area contributed by atoms with Gasteiger partial charge in [-0.1, -0.05) is 6.07 Å². The highest BCUT2D eigenvalue weighted by Gasteiger charge is 2.59. The monoisotopic (exact) mass is 242 g/mol. The summed E-state index contributed by atoms with van der Waals surface area (Å²) in [7, 11) is 0. The van der Waals surface area contributed by atoms with Crippen molar-refractivity contribution in [2.45, 2.75) is 12.1 Å². The minimum absolute atomic E-state index is 0.137. The quantitative estimate of drug-likeness (QED) is 0.574. The highest BCUT2D eigenvalue weighted by molar-refractivity contribution is 5.74. The summed E-state index contributed by atoms with van der Waals surface area (Å²) in [5, 5.41) is 0. The molecule has 0 aromatic heterocycles. The number of rotatable bonds is 2. The lowest BCUT2D eigenvalue weighted by molar-refractivity contribution is -0.290. The van der Waals surface area contributed by atoms with Gasteiger partial charge in [0.2, 0.25) is 0 Å². The molecule has 0 atom stereocenters. The summed E-state index contributed by atoms with van der Waals surface area (Å²) in [5.74, 6) is -7.05. The fraction of sp³-hybridized carbons (Fsp3) is 0.222. The van der Waals surface area contributed by atoms with Gasteiger partial charge in [-0.15, -0.1) is 0 Å². The van der Waals surface area contributed by atoms with E-state index in [1.807, 2.05) is 0 Å². The highest BCUT2D eigenvalue weighted by Crippen LogP contribution is 2.44. The SMILES string of the molecule is O=Cc1ccc(C(F)(F)C(F)(F)F)c(F)c1. The molecule has 0 saturated heterocycles. The molecule has 7 heteroatoms. The minimum Gasteiger partial charge on any atom is -0.298 e. The Morgan fingerprint density at radius 3 is 2.00 bits per heavy atom. The van der Waals surface area contributed by atoms with Gasteiger partial charge in [-0.05, 0) is 12.1 Å². The van der Waals surface area contributed by atoms with E-state index in [1.54, 1.807) is 0 Å². The first-order chi connectivity index (χ1) is 7.20. The van der Waals surface area contributed by atoms with E-state index >= 15 is 0 Å². The molecule has 0 heterocycles. The molecule has 0 bridgehead atoms. The van der Waals surface area contributed by atoms with Crippen LogP contribution in [0, 0.1) is 5.82 Å². The van der Waals surface area contributed by atoms with E-state index in [9.17, 15) is 31.1 Å². The second-order valence-electron chi connectivity index (χ2n) is 2.93. The second kappa shape index (κ2) is 3.80. The smallest absolute Gasteiger partial charge is 0.298 e. The Hall–Kier alpha value is -1.53. The molecule has 0 N–H and O–H groups in total. The third kappa shape index (κ3) is 2.02. The normalized spacial score (nSPS) is 12.6. The van der Waals surface area contributed by atoms with Gasteiger partial charge in [-0.25, -0.2) is 4.39 Å². The van der Waals surface area contributed by atoms with Crippen molar-refractivity contribution in [1.29, 1.82) is 0 Å². The molecule has 0 aliphatic carbocycles. The first-order valence-electron chi connectivity index (χ1n) is 3.90. The zero-order chi connectivity index (χ0) is 12.6. The van der Waals surface area contributed by atoms with Crippen molar-refractivity contribution in [3.05, 3.63) is 35.1 Å². The van der Waals surface area contributed by atoms with E-state index in [-0.39, 0.29) is 17.9 Å². The Morgan fingerprint density at radius 2 is 1.62 bits per heavy atom. The molecule has 1 nitrogen and oxygen atoms in total. The molecule has 1 rings (SSSR count). The van der Waals surface area contributed by atoms with E-state index in [1.165, 1.54) is 0 Å². The number of alkyl halides is 5. The number of aldehydes is 1. The van der Waals surface area contributed by atoms with Gasteiger partial charge >= 0.3 is 12.1 Å². The van der Waals surface area contributed by atoms with Gasteiger partial charge in [-0.2, -0.15) is 22.0 Å². The largest absolute Gasteiger partial charge is 0.458 e. The average molecular weight is 242 g/mol. The molecule has 0 spiro atoms. The van der Waals surface area contributed by atoms with Crippen LogP contribution < -0.4 is 0 Å². The summed E-state index contributed by atoms with van der Waals surface area (Å²) in [5.41, 5.74) is -2.12. The summed E-state index contributed by atoms with van der Waals surface area (Å²) in [4.78, 5) is 10.1. The van der Waals surface area contributed by atoms with Crippen LogP contribution >= 0.6 is 0 Å². The number of carbonyl (C=O) groups excluding carboxylic acids is 1. The molecule has 0 saturated carbocycles. The molecule has 0 amide bonds. The first kappa shape index (κ1) is 12.5. The lowest BCUT2D eigenvalue weighted by atomic mass is 10.1. The lowest BCUT2D eigenvalue weighted by Gasteiger charge is -2.20. The topological polar surface area (TPSA) is 17.1 Å². The number of hydrogen-bond acceptors (Lipinski definition) is 1. The van der Waals surface area contributed by atoms with Crippen LogP contribution in [-0.4, -0.2) is 12.5 Å². The fourth-order valence-corrected chi connectivity index (χ4v) is 1.01. The first-order valence-corrected chi connectivity index (χ1v) is 3.90. The third-order valence-electron chi connectivity index (χ3n) is 1.82. The molecule has 88 valence electrons. The van der Waals surface area contributed by atoms with Gasteiger partial charge < -0.3 is 0 Å². The number of benzene rings is 1. The van der Waals surface area contributed by atoms with Crippen LogP contribution in [0.5, 0.6) is 0 Å². The van der Waals surface area contributed by atoms with Gasteiger partial charge in [0.1, 0.15) is 12.1 Å². The predicted octanol–water partition coefficient (Wildman–Crippen LogP) is 3.29. The van der Waals surface area contributed by atoms with Crippen LogP contribution in [-0.2, 0) is 5.92 Å². The summed E-state index contributed by atoms with van der Waals surface area (Å²) < 4.78 is 74.0. The summed E-state index contributed by atoms with van der Waals surface area (Å²) in [6.45, 7) is 0. The van der Waals surface area contributed by atoms with Gasteiger partial charge in [0, 0.05) is 5.56 Å². The molecule has 0 fully saturated rings. The van der Waals surface area contributed by atoms with Gasteiger partial charge in [-0.3, -0.25) is 4.79 Å². The molecule has 0 unspecified atom stereocenters. The number of halogens is 6. The molecular weight excluding hydrogens is 238 g/mol. The maximum atomic E-state index is 12.9. The molecular formula is C9H4F6O. The van der Waals surface area contributed by atoms with E-state index in [4.69, 9.17) is 0 Å². The van der Waals surface area contributed by atoms with E-state index in [0.29, 0.717) is 12.1 Å². The van der Waals surface area contributed by atoms with E-state index in [2.05, 4.69) is 0 Å². The van der Waals surface area contributed by atoms with E-state index in [0.717, 1.165) is 0 Å². The van der Waals surface area contributed by atoms with Crippen molar-refractivity contribution < 1.29 is 31.1 Å². The molecule has 1 aromatic carbocycles. The molecule has 1 aromatic rings. The Labute approximate surface area is 85.7 Å². The molecule has 0 radical (unpaired) electrons. The maximum absolute atomic E-state index is 12.9. The fourth-order valence-electron chi connectivity index (χ4n) is 1.01. The van der Waals surface area contributed by atoms with Crippen molar-refractivity contribution in [1.82, 2.24) is 0 Å². The Bertz CT molecular complexity index is 409. The third-order valence-corrected chi connectivity index (χ3v) is 1.82. The van der Waals surface area contributed by atoms with Crippen molar-refractivity contribution >= 4 is 6.29 Å². The highest BCUT2D eigenvalue weighted by atomic mass is 19.4. The predicted molar refractivity (Wildman–Crippen MR) is 41.7 cm³/mol. The van der Waals surface area contributed by atoms with Crippen LogP contribution in [0.3, 0.4) is 0 Å². The van der Waals surface area contributed by atoms with Crippen molar-refractivity contribution in [2.75, 3.05) is 0 Å². The zero-order valence-corrected chi connectivity index (χ0v) is 7.49. The average Bonchev–Trinajstić information content (AvgIpc) is 2.15. The van der Waals surface area contributed by atoms with Gasteiger partial charge in [0.15, 0.2) is 0 Å². The summed E-state index contributed by atoms with van der Waals surface area (Å²) >= 11 is 0. The summed E-state index contributed by atoms with van der Waals surface area (Å²) in [6, 6.07) is 1.25. The second-order valence-corrected chi connectivity index (χ2v) is 2.93. The van der Waals surface area contributed by atoms with Crippen molar-refractivity contribution in [2.24, 2.45) is 0 Å². The Balaban J connectivity index is 3.29. The lowest BCUT2D eigenvalue weighted by Crippen LogP contribution is -2.34. The van der Waals surface area contributed by atoms with Crippen LogP contribution in [0.1, 0.15) is 15.9 Å². The van der Waals surface area contributed by atoms with Crippen LogP contribution in [0.25, 0.3) is 0 Å². The maximum Gasteiger partial charge on any atom is 0.458 e. The van der Waals surface area contributed by atoms with Crippen LogP contribution in [0.4, 0.5) is 26.3 Å². The van der Waals surface area contributed by atoms with Crippen LogP contribution in [0.2, 0.25) is 0 Å². The van der Waals surface area contributed by atoms with Crippen molar-refractivity contribution in [3.63, 3.8) is 0 Å². The van der Waals surface area contributed by atoms with Crippen molar-refractivity contribution in [3.8, 4) is 0 Å². The Morgan fingerprint density at radius 1 is 1.06 bits per heavy atom. The van der Waals surface area contributed by atoms with E-state index < -0.39 is 23.5 Å². The number of hydrogen-bond donors (Lipinski definition) is 0. The summed E-state index contributed by atoms with van der Waals surface area (Å²) in [6.07, 6.45) is -5.74. The van der Waals surface area contributed by atoms with Crippen LogP contribution in [0.15, 0.2) is 18.2 Å². The minimum atomic E-state index is -5.88.